The van der Waals surface area contributed by atoms with E-state index < -0.39 is 0 Å². The molecule has 1 amide bonds. The van der Waals surface area contributed by atoms with Crippen molar-refractivity contribution in [1.29, 1.82) is 0 Å². The molecule has 1 aliphatic carbocycles. The lowest BCUT2D eigenvalue weighted by Crippen LogP contribution is -2.21. The van der Waals surface area contributed by atoms with Gasteiger partial charge >= 0.3 is 5.97 Å². The summed E-state index contributed by atoms with van der Waals surface area (Å²) in [5.41, 5.74) is 0.709. The summed E-state index contributed by atoms with van der Waals surface area (Å²) in [4.78, 5) is 23.6. The second-order valence-electron chi connectivity index (χ2n) is 6.13. The predicted octanol–water partition coefficient (Wildman–Crippen LogP) is 3.90. The average Bonchev–Trinajstić information content (AvgIpc) is 3.06. The Kier molecular flexibility index (Phi) is 4.91. The highest BCUT2D eigenvalue weighted by atomic mass is 16.5. The van der Waals surface area contributed by atoms with Crippen LogP contribution in [0.2, 0.25) is 0 Å². The molecule has 0 atom stereocenters. The molecule has 0 saturated heterocycles. The number of esters is 1. The fraction of sp³-hybridized carbons (Fsp3) is 0.368. The first-order valence-corrected chi connectivity index (χ1v) is 8.15. The molecule has 4 nitrogen and oxygen atoms in total. The largest absolute Gasteiger partial charge is 0.456 e. The molecule has 1 N–H and O–H groups in total. The third-order valence-corrected chi connectivity index (χ3v) is 4.33. The summed E-state index contributed by atoms with van der Waals surface area (Å²) < 4.78 is 5.07. The number of nitrogens with one attached hydrogen (secondary N) is 1. The highest BCUT2D eigenvalue weighted by molar-refractivity contribution is 5.95. The number of hydrogen-bond donors (Lipinski definition) is 1. The van der Waals surface area contributed by atoms with E-state index >= 15 is 0 Å². The minimum absolute atomic E-state index is 0.224. The molecule has 2 aromatic rings. The van der Waals surface area contributed by atoms with E-state index in [9.17, 15) is 9.59 Å². The third-order valence-electron chi connectivity index (χ3n) is 4.33. The van der Waals surface area contributed by atoms with Crippen LogP contribution in [0.25, 0.3) is 10.8 Å². The van der Waals surface area contributed by atoms with Gasteiger partial charge in [0.1, 0.15) is 0 Å². The second kappa shape index (κ2) is 7.27. The Morgan fingerprint density at radius 1 is 1.04 bits per heavy atom. The van der Waals surface area contributed by atoms with Crippen molar-refractivity contribution >= 4 is 28.3 Å². The van der Waals surface area contributed by atoms with E-state index in [-0.39, 0.29) is 18.5 Å². The number of carbonyl (C=O) groups excluding carboxylic acids is 2. The number of ether oxygens (including phenoxy) is 1. The van der Waals surface area contributed by atoms with Crippen molar-refractivity contribution in [3.8, 4) is 0 Å². The van der Waals surface area contributed by atoms with Gasteiger partial charge in [0.05, 0.1) is 0 Å². The monoisotopic (exact) mass is 311 g/mol. The van der Waals surface area contributed by atoms with Crippen LogP contribution in [0.15, 0.2) is 42.5 Å². The first kappa shape index (κ1) is 15.5. The van der Waals surface area contributed by atoms with Gasteiger partial charge in [0.25, 0.3) is 5.91 Å². The lowest BCUT2D eigenvalue weighted by molar-refractivity contribution is -0.148. The summed E-state index contributed by atoms with van der Waals surface area (Å²) >= 11 is 0. The Balaban J connectivity index is 1.48. The number of anilines is 1. The third kappa shape index (κ3) is 4.31. The summed E-state index contributed by atoms with van der Waals surface area (Å²) in [6.07, 6.45) is 5.01. The Hall–Kier alpha value is -2.36. The Bertz CT molecular complexity index is 705. The van der Waals surface area contributed by atoms with E-state index in [1.54, 1.807) is 0 Å². The van der Waals surface area contributed by atoms with Crippen molar-refractivity contribution in [1.82, 2.24) is 0 Å². The highest BCUT2D eigenvalue weighted by Crippen LogP contribution is 2.27. The molecule has 0 bridgehead atoms. The molecule has 1 aliphatic rings. The summed E-state index contributed by atoms with van der Waals surface area (Å²) in [5, 5.41) is 4.94. The smallest absolute Gasteiger partial charge is 0.306 e. The molecular formula is C19H21NO3. The summed E-state index contributed by atoms with van der Waals surface area (Å²) in [6.45, 7) is -0.224. The normalized spacial score (nSPS) is 14.8. The zero-order chi connectivity index (χ0) is 16.1. The molecule has 0 spiro atoms. The maximum atomic E-state index is 11.9. The lowest BCUT2D eigenvalue weighted by atomic mass is 10.1. The number of amides is 1. The molecule has 0 heterocycles. The van der Waals surface area contributed by atoms with Gasteiger partial charge in [-0.05, 0) is 41.7 Å². The number of fused-ring (bicyclic) bond motifs is 1. The van der Waals surface area contributed by atoms with Gasteiger partial charge in [0.2, 0.25) is 0 Å². The summed E-state index contributed by atoms with van der Waals surface area (Å²) in [5.74, 6) is -0.142. The molecule has 23 heavy (non-hydrogen) atoms. The fourth-order valence-corrected chi connectivity index (χ4v) is 3.12. The second-order valence-corrected chi connectivity index (χ2v) is 6.13. The van der Waals surface area contributed by atoms with Crippen LogP contribution in [-0.2, 0) is 14.3 Å². The molecule has 4 heteroatoms. The van der Waals surface area contributed by atoms with Crippen LogP contribution < -0.4 is 5.32 Å². The van der Waals surface area contributed by atoms with Crippen LogP contribution in [0.4, 0.5) is 5.69 Å². The Morgan fingerprint density at radius 3 is 2.57 bits per heavy atom. The minimum Gasteiger partial charge on any atom is -0.456 e. The van der Waals surface area contributed by atoms with Gasteiger partial charge in [0.15, 0.2) is 6.61 Å². The molecular weight excluding hydrogens is 290 g/mol. The quantitative estimate of drug-likeness (QED) is 0.852. The van der Waals surface area contributed by atoms with Gasteiger partial charge in [-0.15, -0.1) is 0 Å². The predicted molar refractivity (Wildman–Crippen MR) is 90.1 cm³/mol. The van der Waals surface area contributed by atoms with Gasteiger partial charge in [-0.1, -0.05) is 43.2 Å². The van der Waals surface area contributed by atoms with Gasteiger partial charge < -0.3 is 10.1 Å². The lowest BCUT2D eigenvalue weighted by Gasteiger charge is -2.10. The van der Waals surface area contributed by atoms with Crippen molar-refractivity contribution in [2.45, 2.75) is 32.1 Å². The molecule has 2 aromatic carbocycles. The molecule has 120 valence electrons. The fourth-order valence-electron chi connectivity index (χ4n) is 3.12. The molecule has 0 unspecified atom stereocenters. The van der Waals surface area contributed by atoms with Gasteiger partial charge in [-0.25, -0.2) is 0 Å². The van der Waals surface area contributed by atoms with E-state index in [2.05, 4.69) is 5.32 Å². The van der Waals surface area contributed by atoms with Crippen LogP contribution in [-0.4, -0.2) is 18.5 Å². The van der Waals surface area contributed by atoms with E-state index in [0.29, 0.717) is 18.0 Å². The molecule has 0 aromatic heterocycles. The van der Waals surface area contributed by atoms with Crippen LogP contribution in [0, 0.1) is 5.92 Å². The van der Waals surface area contributed by atoms with E-state index in [1.165, 1.54) is 12.8 Å². The highest BCUT2D eigenvalue weighted by Gasteiger charge is 2.19. The van der Waals surface area contributed by atoms with Gasteiger partial charge in [-0.2, -0.15) is 0 Å². The molecule has 1 fully saturated rings. The standard InChI is InChI=1S/C19H21NO3/c21-18(13-23-19(22)11-14-5-1-2-6-14)20-17-10-9-15-7-3-4-8-16(15)12-17/h3-4,7-10,12,14H,1-2,5-6,11,13H2,(H,20,21). The minimum atomic E-state index is -0.306. The van der Waals surface area contributed by atoms with E-state index in [0.717, 1.165) is 23.6 Å². The topological polar surface area (TPSA) is 55.4 Å². The average molecular weight is 311 g/mol. The van der Waals surface area contributed by atoms with E-state index in [1.807, 2.05) is 42.5 Å². The van der Waals surface area contributed by atoms with Crippen molar-refractivity contribution < 1.29 is 14.3 Å². The summed E-state index contributed by atoms with van der Waals surface area (Å²) in [7, 11) is 0. The van der Waals surface area contributed by atoms with Crippen LogP contribution in [0.1, 0.15) is 32.1 Å². The number of benzene rings is 2. The number of carbonyl (C=O) groups is 2. The van der Waals surface area contributed by atoms with Crippen LogP contribution in [0.3, 0.4) is 0 Å². The van der Waals surface area contributed by atoms with Crippen molar-refractivity contribution in [3.63, 3.8) is 0 Å². The van der Waals surface area contributed by atoms with Crippen molar-refractivity contribution in [2.75, 3.05) is 11.9 Å². The maximum absolute atomic E-state index is 11.9. The van der Waals surface area contributed by atoms with Gasteiger partial charge in [0, 0.05) is 12.1 Å². The van der Waals surface area contributed by atoms with Crippen molar-refractivity contribution in [3.05, 3.63) is 42.5 Å². The Morgan fingerprint density at radius 2 is 1.78 bits per heavy atom. The SMILES string of the molecule is O=C(COC(=O)CC1CCCC1)Nc1ccc2ccccc2c1. The molecule has 0 aliphatic heterocycles. The molecule has 0 radical (unpaired) electrons. The van der Waals surface area contributed by atoms with Crippen molar-refractivity contribution in [2.24, 2.45) is 5.92 Å². The zero-order valence-corrected chi connectivity index (χ0v) is 13.1. The van der Waals surface area contributed by atoms with Crippen LogP contribution in [0.5, 0.6) is 0 Å². The van der Waals surface area contributed by atoms with Crippen LogP contribution >= 0.6 is 0 Å². The number of hydrogen-bond acceptors (Lipinski definition) is 3. The molecule has 1 saturated carbocycles. The molecule has 3 rings (SSSR count). The summed E-state index contributed by atoms with van der Waals surface area (Å²) in [6, 6.07) is 13.7. The number of rotatable bonds is 5. The van der Waals surface area contributed by atoms with E-state index in [4.69, 9.17) is 4.74 Å². The first-order chi connectivity index (χ1) is 11.2. The first-order valence-electron chi connectivity index (χ1n) is 8.15. The van der Waals surface area contributed by atoms with Gasteiger partial charge in [-0.3, -0.25) is 9.59 Å². The Labute approximate surface area is 135 Å². The maximum Gasteiger partial charge on any atom is 0.306 e. The zero-order valence-electron chi connectivity index (χ0n) is 13.1.